The Balaban J connectivity index is 2.39. The molecule has 0 saturated carbocycles. The van der Waals surface area contributed by atoms with Gasteiger partial charge in [0.15, 0.2) is 0 Å². The monoisotopic (exact) mass is 355 g/mol. The Morgan fingerprint density at radius 2 is 2.21 bits per heavy atom. The number of ether oxygens (including phenoxy) is 2. The number of phenolic OH excluding ortho intramolecular Hbond substituents is 1. The van der Waals surface area contributed by atoms with Crippen molar-refractivity contribution in [3.8, 4) is 11.5 Å². The van der Waals surface area contributed by atoms with Crippen LogP contribution in [-0.2, 0) is 15.3 Å². The molecule has 132 valence electrons. The van der Waals surface area contributed by atoms with Crippen molar-refractivity contribution in [3.05, 3.63) is 22.8 Å². The molecule has 1 aromatic rings. The summed E-state index contributed by atoms with van der Waals surface area (Å²) < 4.78 is 10.4. The highest BCUT2D eigenvalue weighted by molar-refractivity contribution is 7.98. The zero-order valence-electron chi connectivity index (χ0n) is 13.6. The van der Waals surface area contributed by atoms with Gasteiger partial charge in [0.05, 0.1) is 31.7 Å². The van der Waals surface area contributed by atoms with Crippen molar-refractivity contribution in [3.63, 3.8) is 0 Å². The van der Waals surface area contributed by atoms with E-state index < -0.39 is 5.97 Å². The zero-order valence-corrected chi connectivity index (χ0v) is 14.4. The number of hydrogen-bond donors (Lipinski definition) is 3. The van der Waals surface area contributed by atoms with E-state index in [-0.39, 0.29) is 42.9 Å². The molecule has 1 aromatic carbocycles. The second kappa shape index (κ2) is 8.25. The molecule has 1 heterocycles. The van der Waals surface area contributed by atoms with E-state index in [1.807, 2.05) is 0 Å². The molecule has 8 heteroatoms. The number of rotatable bonds is 2. The number of carbonyl (C=O) groups is 2. The van der Waals surface area contributed by atoms with Crippen molar-refractivity contribution in [1.82, 2.24) is 5.32 Å². The summed E-state index contributed by atoms with van der Waals surface area (Å²) in [5.74, 6) is 0.275. The molecular formula is C16H21NO6S. The van der Waals surface area contributed by atoms with E-state index in [9.17, 15) is 19.8 Å². The molecule has 0 bridgehead atoms. The number of fused-ring (bicyclic) bond motifs is 1. The van der Waals surface area contributed by atoms with Crippen LogP contribution in [0.5, 0.6) is 11.5 Å². The maximum atomic E-state index is 12.4. The van der Waals surface area contributed by atoms with Gasteiger partial charge in [-0.05, 0) is 6.92 Å². The fourth-order valence-electron chi connectivity index (χ4n) is 2.48. The molecule has 0 spiro atoms. The van der Waals surface area contributed by atoms with E-state index in [4.69, 9.17) is 9.47 Å². The Morgan fingerprint density at radius 1 is 1.46 bits per heavy atom. The quantitative estimate of drug-likeness (QED) is 0.679. The van der Waals surface area contributed by atoms with Gasteiger partial charge in [0, 0.05) is 28.7 Å². The number of aromatic hydroxyl groups is 1. The van der Waals surface area contributed by atoms with Crippen LogP contribution in [0.3, 0.4) is 0 Å². The second-order valence-electron chi connectivity index (χ2n) is 5.42. The van der Waals surface area contributed by atoms with E-state index in [1.165, 1.54) is 24.9 Å². The van der Waals surface area contributed by atoms with Crippen molar-refractivity contribution in [2.75, 3.05) is 26.1 Å². The minimum absolute atomic E-state index is 0.0111. The van der Waals surface area contributed by atoms with Crippen LogP contribution in [-0.4, -0.2) is 54.2 Å². The summed E-state index contributed by atoms with van der Waals surface area (Å²) in [5.41, 5.74) is 1.31. The molecule has 1 atom stereocenters. The van der Waals surface area contributed by atoms with E-state index in [1.54, 1.807) is 6.92 Å². The number of thioether (sulfide) groups is 1. The zero-order chi connectivity index (χ0) is 17.7. The average molecular weight is 355 g/mol. The third-order valence-corrected chi connectivity index (χ3v) is 4.89. The largest absolute Gasteiger partial charge is 0.507 e. The second-order valence-corrected chi connectivity index (χ2v) is 6.45. The molecule has 3 N–H and O–H groups in total. The Kier molecular flexibility index (Phi) is 6.33. The summed E-state index contributed by atoms with van der Waals surface area (Å²) in [5, 5.41) is 22.3. The van der Waals surface area contributed by atoms with Gasteiger partial charge in [-0.1, -0.05) is 0 Å². The van der Waals surface area contributed by atoms with Crippen molar-refractivity contribution in [1.29, 1.82) is 0 Å². The first-order valence-electron chi connectivity index (χ1n) is 7.52. The molecule has 1 amide bonds. The van der Waals surface area contributed by atoms with Crippen LogP contribution in [0.25, 0.3) is 0 Å². The van der Waals surface area contributed by atoms with E-state index in [2.05, 4.69) is 5.32 Å². The van der Waals surface area contributed by atoms with Gasteiger partial charge in [-0.25, -0.2) is 4.79 Å². The molecule has 1 aliphatic heterocycles. The van der Waals surface area contributed by atoms with Crippen LogP contribution >= 0.6 is 11.8 Å². The highest BCUT2D eigenvalue weighted by Crippen LogP contribution is 2.35. The van der Waals surface area contributed by atoms with Crippen molar-refractivity contribution in [2.45, 2.75) is 25.1 Å². The van der Waals surface area contributed by atoms with Gasteiger partial charge in [-0.15, -0.1) is 0 Å². The Labute approximate surface area is 144 Å². The molecule has 0 aromatic heterocycles. The molecular weight excluding hydrogens is 334 g/mol. The van der Waals surface area contributed by atoms with Gasteiger partial charge in [0.25, 0.3) is 0 Å². The number of carbonyl (C=O) groups excluding carboxylic acids is 2. The normalized spacial score (nSPS) is 19.4. The SMILES string of the molecule is COc1cc(O)c2c(c1C)C(=O)OCCC(=O)N[C@@H](CO)CSC2. The van der Waals surface area contributed by atoms with Gasteiger partial charge < -0.3 is 25.0 Å². The molecule has 24 heavy (non-hydrogen) atoms. The summed E-state index contributed by atoms with van der Waals surface area (Å²) in [7, 11) is 1.46. The van der Waals surface area contributed by atoms with E-state index >= 15 is 0 Å². The summed E-state index contributed by atoms with van der Waals surface area (Å²) >= 11 is 1.40. The molecule has 7 nitrogen and oxygen atoms in total. The third-order valence-electron chi connectivity index (χ3n) is 3.76. The summed E-state index contributed by atoms with van der Waals surface area (Å²) in [6.45, 7) is 1.46. The lowest BCUT2D eigenvalue weighted by atomic mass is 10.0. The van der Waals surface area contributed by atoms with Crippen LogP contribution in [0.1, 0.15) is 27.9 Å². The number of nitrogens with one attached hydrogen (secondary N) is 1. The highest BCUT2D eigenvalue weighted by Gasteiger charge is 2.24. The number of aliphatic hydroxyl groups excluding tert-OH is 1. The molecule has 2 rings (SSSR count). The van der Waals surface area contributed by atoms with E-state index in [0.29, 0.717) is 28.4 Å². The van der Waals surface area contributed by atoms with Crippen molar-refractivity contribution in [2.24, 2.45) is 0 Å². The lowest BCUT2D eigenvalue weighted by Crippen LogP contribution is -2.40. The van der Waals surface area contributed by atoms with E-state index in [0.717, 1.165) is 0 Å². The molecule has 0 unspecified atom stereocenters. The number of cyclic esters (lactones) is 1. The fourth-order valence-corrected chi connectivity index (χ4v) is 3.57. The predicted molar refractivity (Wildman–Crippen MR) is 89.5 cm³/mol. The molecule has 0 radical (unpaired) electrons. The topological polar surface area (TPSA) is 105 Å². The summed E-state index contributed by atoms with van der Waals surface area (Å²) in [6.07, 6.45) is 0.0111. The molecule has 0 fully saturated rings. The highest BCUT2D eigenvalue weighted by atomic mass is 32.2. The minimum Gasteiger partial charge on any atom is -0.507 e. The maximum Gasteiger partial charge on any atom is 0.338 e. The maximum absolute atomic E-state index is 12.4. The summed E-state index contributed by atoms with van der Waals surface area (Å²) in [6, 6.07) is 1.08. The standard InChI is InChI=1S/C16H21NO6S/c1-9-13(22-2)5-12(19)11-8-24-7-10(6-18)17-14(20)3-4-23-16(21)15(9)11/h5,10,18-19H,3-4,6-8H2,1-2H3,(H,17,20)/t10-/m0/s1. The number of amides is 1. The van der Waals surface area contributed by atoms with Crippen LogP contribution in [0.15, 0.2) is 6.07 Å². The number of methoxy groups -OCH3 is 1. The smallest absolute Gasteiger partial charge is 0.338 e. The van der Waals surface area contributed by atoms with Gasteiger partial charge in [0.1, 0.15) is 18.1 Å². The lowest BCUT2D eigenvalue weighted by Gasteiger charge is -2.20. The van der Waals surface area contributed by atoms with Crippen molar-refractivity contribution >= 4 is 23.6 Å². The Bertz CT molecular complexity index is 633. The number of benzene rings is 1. The van der Waals surface area contributed by atoms with Crippen LogP contribution in [0.4, 0.5) is 0 Å². The van der Waals surface area contributed by atoms with Crippen LogP contribution in [0.2, 0.25) is 0 Å². The summed E-state index contributed by atoms with van der Waals surface area (Å²) in [4.78, 5) is 24.2. The van der Waals surface area contributed by atoms with Crippen LogP contribution < -0.4 is 10.1 Å². The van der Waals surface area contributed by atoms with Gasteiger partial charge in [0.2, 0.25) is 5.91 Å². The van der Waals surface area contributed by atoms with Gasteiger partial charge in [-0.2, -0.15) is 11.8 Å². The Hall–Kier alpha value is -1.93. The minimum atomic E-state index is -0.593. The van der Waals surface area contributed by atoms with Crippen molar-refractivity contribution < 1.29 is 29.3 Å². The number of aliphatic hydroxyl groups is 1. The first-order chi connectivity index (χ1) is 11.5. The first kappa shape index (κ1) is 18.4. The third kappa shape index (κ3) is 4.12. The fraction of sp³-hybridized carbons (Fsp3) is 0.500. The van der Waals surface area contributed by atoms with Gasteiger partial charge >= 0.3 is 5.97 Å². The Morgan fingerprint density at radius 3 is 2.88 bits per heavy atom. The lowest BCUT2D eigenvalue weighted by molar-refractivity contribution is -0.122. The molecule has 0 saturated heterocycles. The number of hydrogen-bond acceptors (Lipinski definition) is 7. The first-order valence-corrected chi connectivity index (χ1v) is 8.67. The molecule has 0 aliphatic carbocycles. The number of phenols is 1. The predicted octanol–water partition coefficient (Wildman–Crippen LogP) is 0.980. The molecule has 1 aliphatic rings. The number of esters is 1. The van der Waals surface area contributed by atoms with Gasteiger partial charge in [-0.3, -0.25) is 4.79 Å². The average Bonchev–Trinajstić information content (AvgIpc) is 2.55. The van der Waals surface area contributed by atoms with Crippen LogP contribution in [0, 0.1) is 6.92 Å².